The zero-order valence-corrected chi connectivity index (χ0v) is 9.92. The van der Waals surface area contributed by atoms with Gasteiger partial charge in [-0.3, -0.25) is 0 Å². The molecule has 0 fully saturated rings. The van der Waals surface area contributed by atoms with Gasteiger partial charge in [0.15, 0.2) is 0 Å². The Morgan fingerprint density at radius 2 is 0.857 bits per heavy atom. The van der Waals surface area contributed by atoms with Crippen molar-refractivity contribution in [1.29, 1.82) is 0 Å². The first-order valence-electron chi connectivity index (χ1n) is 4.38. The van der Waals surface area contributed by atoms with Gasteiger partial charge in [0.25, 0.3) is 0 Å². The van der Waals surface area contributed by atoms with Gasteiger partial charge in [0, 0.05) is 21.1 Å². The minimum atomic E-state index is 0. The predicted octanol–water partition coefficient (Wildman–Crippen LogP) is 4.73. The Balaban J connectivity index is -0.0000000153. The fourth-order valence-corrected chi connectivity index (χ4v) is 0. The molecule has 0 aliphatic carbocycles. The first kappa shape index (κ1) is 37.8. The second-order valence-electron chi connectivity index (χ2n) is 0.916. The minimum Gasteiger partial charge on any atom is -0.301 e. The molecule has 0 unspecified atom stereocenters. The van der Waals surface area contributed by atoms with Crippen molar-refractivity contribution in [1.82, 2.24) is 0 Å². The third-order valence-corrected chi connectivity index (χ3v) is 0.458. The quantitative estimate of drug-likeness (QED) is 0.407. The number of aliphatic imine (C=N–C) groups is 1. The first-order chi connectivity index (χ1) is 5.83. The fraction of sp³-hybridized carbons (Fsp3) is 0.909. The number of nitrogens with zero attached hydrogens (tertiary/aromatic N) is 3. The van der Waals surface area contributed by atoms with Crippen LogP contribution in [-0.4, -0.2) is 27.4 Å². The molecule has 0 aromatic heterocycles. The number of hydrogen-bond acceptors (Lipinski definition) is 3. The van der Waals surface area contributed by atoms with Crippen molar-refractivity contribution in [2.24, 2.45) is 15.2 Å². The predicted molar refractivity (Wildman–Crippen MR) is 73.0 cm³/mol. The van der Waals surface area contributed by atoms with Gasteiger partial charge in [-0.2, -0.15) is 10.2 Å². The van der Waals surface area contributed by atoms with Gasteiger partial charge in [-0.05, 0) is 13.1 Å². The van der Waals surface area contributed by atoms with Gasteiger partial charge in [0.1, 0.15) is 0 Å². The summed E-state index contributed by atoms with van der Waals surface area (Å²) in [5, 5.41) is 6.72. The largest absolute Gasteiger partial charge is 0.301 e. The van der Waals surface area contributed by atoms with E-state index in [-0.39, 0.29) is 14.9 Å². The van der Waals surface area contributed by atoms with E-state index >= 15 is 0 Å². The Hall–Kier alpha value is -0.730. The molecule has 0 radical (unpaired) electrons. The number of azo groups is 1. The van der Waals surface area contributed by atoms with Gasteiger partial charge in [-0.15, -0.1) is 0 Å². The van der Waals surface area contributed by atoms with Gasteiger partial charge >= 0.3 is 0 Å². The molecule has 92 valence electrons. The molecule has 0 amide bonds. The summed E-state index contributed by atoms with van der Waals surface area (Å²) in [5.41, 5.74) is 0. The summed E-state index contributed by atoms with van der Waals surface area (Å²) in [4.78, 5) is 3.61. The van der Waals surface area contributed by atoms with Crippen LogP contribution in [0.1, 0.15) is 49.5 Å². The lowest BCUT2D eigenvalue weighted by Gasteiger charge is -1.54. The number of hydrogen-bond donors (Lipinski definition) is 0. The molecule has 0 aliphatic heterocycles. The summed E-state index contributed by atoms with van der Waals surface area (Å²) in [5.74, 6) is 0. The molecule has 0 rings (SSSR count). The summed E-state index contributed by atoms with van der Waals surface area (Å²) in [6.07, 6.45) is 1.75. The Labute approximate surface area is 92.8 Å². The third-order valence-electron chi connectivity index (χ3n) is 0.458. The average molecular weight is 207 g/mol. The van der Waals surface area contributed by atoms with Crippen LogP contribution in [-0.2, 0) is 0 Å². The van der Waals surface area contributed by atoms with Crippen LogP contribution < -0.4 is 0 Å². The monoisotopic (exact) mass is 207 g/mol. The lowest BCUT2D eigenvalue weighted by molar-refractivity contribution is 1.11. The van der Waals surface area contributed by atoms with Crippen LogP contribution >= 0.6 is 0 Å². The Bertz CT molecular complexity index is 50.9. The summed E-state index contributed by atoms with van der Waals surface area (Å²) in [6.45, 7) is 9.89. The maximum Gasteiger partial charge on any atom is 0.0487 e. The standard InChI is InChI=1S/C3H7N.C2H6N2.2C2H6.2CH4/c2*1-3-4-2;2*1-2;;/h3H,1-2H3;1-2H3;2*1-2H3;2*1H4. The normalized spacial score (nSPS) is 6.29. The van der Waals surface area contributed by atoms with Crippen LogP contribution in [0.25, 0.3) is 0 Å². The van der Waals surface area contributed by atoms with E-state index in [1.807, 2.05) is 34.6 Å². The molecule has 3 nitrogen and oxygen atoms in total. The van der Waals surface area contributed by atoms with Crippen LogP contribution in [0.3, 0.4) is 0 Å². The highest BCUT2D eigenvalue weighted by Gasteiger charge is 1.32. The molecule has 0 atom stereocenters. The van der Waals surface area contributed by atoms with Gasteiger partial charge in [0.05, 0.1) is 0 Å². The summed E-state index contributed by atoms with van der Waals surface area (Å²) >= 11 is 0. The maximum absolute atomic E-state index is 3.61. The van der Waals surface area contributed by atoms with E-state index in [4.69, 9.17) is 0 Å². The Morgan fingerprint density at radius 1 is 0.714 bits per heavy atom. The molecule has 0 saturated carbocycles. The molecular formula is C11H33N3. The molecule has 0 aliphatic rings. The first-order valence-corrected chi connectivity index (χ1v) is 4.38. The molecule has 0 aromatic rings. The molecule has 0 bridgehead atoms. The van der Waals surface area contributed by atoms with Crippen molar-refractivity contribution >= 4 is 6.21 Å². The third kappa shape index (κ3) is 737. The van der Waals surface area contributed by atoms with Crippen LogP contribution in [0.15, 0.2) is 15.2 Å². The molecule has 0 heterocycles. The van der Waals surface area contributed by atoms with Crippen molar-refractivity contribution in [2.75, 3.05) is 21.1 Å². The molecular weight excluding hydrogens is 174 g/mol. The molecule has 0 saturated heterocycles. The summed E-state index contributed by atoms with van der Waals surface area (Å²) in [6, 6.07) is 0. The Kier molecular flexibility index (Phi) is 394. The van der Waals surface area contributed by atoms with Gasteiger partial charge in [-0.1, -0.05) is 42.5 Å². The van der Waals surface area contributed by atoms with E-state index in [1.165, 1.54) is 0 Å². The van der Waals surface area contributed by atoms with Crippen LogP contribution in [0.4, 0.5) is 0 Å². The van der Waals surface area contributed by atoms with Gasteiger partial charge in [0.2, 0.25) is 0 Å². The molecule has 14 heavy (non-hydrogen) atoms. The lowest BCUT2D eigenvalue weighted by Crippen LogP contribution is -1.47. The fourth-order valence-electron chi connectivity index (χ4n) is 0. The number of rotatable bonds is 0. The van der Waals surface area contributed by atoms with Crippen molar-refractivity contribution in [3.63, 3.8) is 0 Å². The molecule has 0 spiro atoms. The van der Waals surface area contributed by atoms with Crippen molar-refractivity contribution in [3.8, 4) is 0 Å². The highest BCUT2D eigenvalue weighted by atomic mass is 15.0. The van der Waals surface area contributed by atoms with E-state index in [0.717, 1.165) is 0 Å². The van der Waals surface area contributed by atoms with Crippen LogP contribution in [0.5, 0.6) is 0 Å². The highest BCUT2D eigenvalue weighted by molar-refractivity contribution is 5.52. The van der Waals surface area contributed by atoms with E-state index in [2.05, 4.69) is 15.2 Å². The zero-order valence-electron chi connectivity index (χ0n) is 9.92. The molecule has 3 heteroatoms. The van der Waals surface area contributed by atoms with Gasteiger partial charge in [-0.25, -0.2) is 0 Å². The molecule has 0 N–H and O–H groups in total. The zero-order chi connectivity index (χ0) is 10.8. The van der Waals surface area contributed by atoms with Crippen molar-refractivity contribution in [2.45, 2.75) is 49.5 Å². The SMILES string of the molecule is C.C.CC.CC.CC=NC.CN=NC. The average Bonchev–Trinajstić information content (AvgIpc) is 2.23. The van der Waals surface area contributed by atoms with Crippen LogP contribution in [0, 0.1) is 0 Å². The van der Waals surface area contributed by atoms with E-state index in [9.17, 15) is 0 Å². The van der Waals surface area contributed by atoms with E-state index in [0.29, 0.717) is 0 Å². The topological polar surface area (TPSA) is 37.1 Å². The smallest absolute Gasteiger partial charge is 0.0487 e. The second-order valence-corrected chi connectivity index (χ2v) is 0.916. The maximum atomic E-state index is 3.61. The van der Waals surface area contributed by atoms with E-state index < -0.39 is 0 Å². The van der Waals surface area contributed by atoms with E-state index in [1.54, 1.807) is 27.4 Å². The second kappa shape index (κ2) is 146. The molecule has 0 aromatic carbocycles. The Morgan fingerprint density at radius 3 is 0.857 bits per heavy atom. The minimum absolute atomic E-state index is 0. The summed E-state index contributed by atoms with van der Waals surface area (Å²) < 4.78 is 0. The van der Waals surface area contributed by atoms with Crippen LogP contribution in [0.2, 0.25) is 0 Å². The summed E-state index contributed by atoms with van der Waals surface area (Å²) in [7, 11) is 5.03. The van der Waals surface area contributed by atoms with Crippen molar-refractivity contribution in [3.05, 3.63) is 0 Å². The van der Waals surface area contributed by atoms with Gasteiger partial charge < -0.3 is 4.99 Å². The van der Waals surface area contributed by atoms with Crippen molar-refractivity contribution < 1.29 is 0 Å². The lowest BCUT2D eigenvalue weighted by atomic mass is 10.9. The highest BCUT2D eigenvalue weighted by Crippen LogP contribution is 1.48.